The number of carbonyl (C=O) groups is 1. The Morgan fingerprint density at radius 2 is 1.79 bits per heavy atom. The first-order chi connectivity index (χ1) is 13.2. The lowest BCUT2D eigenvalue weighted by Gasteiger charge is -2.30. The van der Waals surface area contributed by atoms with Crippen LogP contribution in [0, 0.1) is 6.92 Å². The third-order valence-electron chi connectivity index (χ3n) is 4.50. The molecule has 0 saturated heterocycles. The molecule has 7 heteroatoms. The molecule has 1 N–H and O–H groups in total. The Labute approximate surface area is 172 Å². The molecule has 0 bridgehead atoms. The average molecular weight is 423 g/mol. The molecule has 5 nitrogen and oxygen atoms in total. The molecule has 0 heterocycles. The van der Waals surface area contributed by atoms with Gasteiger partial charge in [-0.3, -0.25) is 9.10 Å². The van der Waals surface area contributed by atoms with Gasteiger partial charge in [-0.15, -0.1) is 0 Å². The van der Waals surface area contributed by atoms with E-state index in [1.807, 2.05) is 43.3 Å². The number of nitrogens with zero attached hydrogens (tertiary/aromatic N) is 1. The molecule has 0 aliphatic heterocycles. The number of amides is 1. The first-order valence-electron chi connectivity index (χ1n) is 9.31. The van der Waals surface area contributed by atoms with Gasteiger partial charge >= 0.3 is 0 Å². The molecule has 28 heavy (non-hydrogen) atoms. The molecule has 0 unspecified atom stereocenters. The van der Waals surface area contributed by atoms with Gasteiger partial charge in [-0.25, -0.2) is 8.42 Å². The normalized spacial score (nSPS) is 12.4. The minimum Gasteiger partial charge on any atom is -0.354 e. The van der Waals surface area contributed by atoms with E-state index in [-0.39, 0.29) is 5.91 Å². The van der Waals surface area contributed by atoms with Gasteiger partial charge in [0.2, 0.25) is 15.9 Å². The van der Waals surface area contributed by atoms with E-state index in [4.69, 9.17) is 11.6 Å². The molecule has 152 valence electrons. The lowest BCUT2D eigenvalue weighted by Crippen LogP contribution is -2.49. The fourth-order valence-electron chi connectivity index (χ4n) is 3.06. The van der Waals surface area contributed by atoms with Crippen LogP contribution < -0.4 is 9.62 Å². The molecule has 0 radical (unpaired) electrons. The summed E-state index contributed by atoms with van der Waals surface area (Å²) in [4.78, 5) is 12.7. The molecule has 0 spiro atoms. The van der Waals surface area contributed by atoms with Crippen molar-refractivity contribution in [3.63, 3.8) is 0 Å². The Hall–Kier alpha value is -2.05. The zero-order chi connectivity index (χ0) is 20.7. The lowest BCUT2D eigenvalue weighted by molar-refractivity contribution is -0.122. The number of benzene rings is 2. The molecular formula is C21H27ClN2O3S. The van der Waals surface area contributed by atoms with E-state index in [1.165, 1.54) is 4.31 Å². The Morgan fingerprint density at radius 3 is 2.36 bits per heavy atom. The van der Waals surface area contributed by atoms with Crippen LogP contribution in [0.5, 0.6) is 0 Å². The minimum atomic E-state index is -3.61. The van der Waals surface area contributed by atoms with Gasteiger partial charge in [0.05, 0.1) is 11.9 Å². The fraction of sp³-hybridized carbons (Fsp3) is 0.381. The Morgan fingerprint density at radius 1 is 1.14 bits per heavy atom. The minimum absolute atomic E-state index is 0.298. The van der Waals surface area contributed by atoms with Crippen molar-refractivity contribution in [2.24, 2.45) is 0 Å². The van der Waals surface area contributed by atoms with E-state index in [1.54, 1.807) is 19.1 Å². The van der Waals surface area contributed by atoms with E-state index < -0.39 is 16.1 Å². The SMILES string of the molecule is CC[C@@H](C(=O)NCCCc1ccccc1Cl)N(c1ccc(C)cc1)S(C)(=O)=O. The van der Waals surface area contributed by atoms with Crippen molar-refractivity contribution in [2.75, 3.05) is 17.1 Å². The van der Waals surface area contributed by atoms with Gasteiger partial charge in [-0.05, 0) is 49.9 Å². The van der Waals surface area contributed by atoms with E-state index in [9.17, 15) is 13.2 Å². The summed E-state index contributed by atoms with van der Waals surface area (Å²) in [5, 5.41) is 3.58. The molecule has 0 aromatic heterocycles. The number of anilines is 1. The summed E-state index contributed by atoms with van der Waals surface area (Å²) in [5.41, 5.74) is 2.54. The van der Waals surface area contributed by atoms with Gasteiger partial charge in [-0.2, -0.15) is 0 Å². The zero-order valence-corrected chi connectivity index (χ0v) is 18.1. The van der Waals surface area contributed by atoms with Crippen LogP contribution in [0.15, 0.2) is 48.5 Å². The highest BCUT2D eigenvalue weighted by atomic mass is 35.5. The summed E-state index contributed by atoms with van der Waals surface area (Å²) in [5.74, 6) is -0.298. The zero-order valence-electron chi connectivity index (χ0n) is 16.5. The summed E-state index contributed by atoms with van der Waals surface area (Å²) >= 11 is 6.15. The summed E-state index contributed by atoms with van der Waals surface area (Å²) in [6, 6.07) is 13.9. The molecule has 2 aromatic rings. The molecule has 2 rings (SSSR count). The van der Waals surface area contributed by atoms with Crippen LogP contribution in [0.1, 0.15) is 30.9 Å². The van der Waals surface area contributed by atoms with Gasteiger partial charge in [0.25, 0.3) is 0 Å². The van der Waals surface area contributed by atoms with Crippen LogP contribution in [0.3, 0.4) is 0 Å². The second-order valence-corrected chi connectivity index (χ2v) is 9.07. The molecule has 0 fully saturated rings. The highest BCUT2D eigenvalue weighted by Gasteiger charge is 2.31. The summed E-state index contributed by atoms with van der Waals surface area (Å²) in [6.07, 6.45) is 2.96. The summed E-state index contributed by atoms with van der Waals surface area (Å²) in [7, 11) is -3.61. The van der Waals surface area contributed by atoms with Crippen molar-refractivity contribution in [1.82, 2.24) is 5.32 Å². The van der Waals surface area contributed by atoms with Gasteiger partial charge < -0.3 is 5.32 Å². The smallest absolute Gasteiger partial charge is 0.243 e. The van der Waals surface area contributed by atoms with Crippen molar-refractivity contribution in [3.05, 3.63) is 64.7 Å². The largest absolute Gasteiger partial charge is 0.354 e. The number of carbonyl (C=O) groups excluding carboxylic acids is 1. The summed E-state index contributed by atoms with van der Waals surface area (Å²) in [6.45, 7) is 4.18. The van der Waals surface area contributed by atoms with Gasteiger partial charge in [-0.1, -0.05) is 54.4 Å². The maximum absolute atomic E-state index is 12.7. The average Bonchev–Trinajstić information content (AvgIpc) is 2.64. The number of nitrogens with one attached hydrogen (secondary N) is 1. The number of halogens is 1. The molecule has 2 aromatic carbocycles. The second kappa shape index (κ2) is 9.94. The number of hydrogen-bond donors (Lipinski definition) is 1. The maximum Gasteiger partial charge on any atom is 0.243 e. The third-order valence-corrected chi connectivity index (χ3v) is 6.05. The first kappa shape index (κ1) is 22.2. The van der Waals surface area contributed by atoms with Crippen LogP contribution >= 0.6 is 11.6 Å². The predicted octanol–water partition coefficient (Wildman–Crippen LogP) is 3.94. The van der Waals surface area contributed by atoms with Crippen LogP contribution in [0.25, 0.3) is 0 Å². The Kier molecular flexibility index (Phi) is 7.89. The Bertz CT molecular complexity index is 898. The quantitative estimate of drug-likeness (QED) is 0.622. The maximum atomic E-state index is 12.7. The number of rotatable bonds is 9. The van der Waals surface area contributed by atoms with Crippen LogP contribution in [0.2, 0.25) is 5.02 Å². The van der Waals surface area contributed by atoms with Crippen LogP contribution in [-0.4, -0.2) is 33.2 Å². The van der Waals surface area contributed by atoms with Crippen LogP contribution in [-0.2, 0) is 21.2 Å². The monoisotopic (exact) mass is 422 g/mol. The van der Waals surface area contributed by atoms with Crippen molar-refractivity contribution in [3.8, 4) is 0 Å². The molecular weight excluding hydrogens is 396 g/mol. The lowest BCUT2D eigenvalue weighted by atomic mass is 10.1. The van der Waals surface area contributed by atoms with Crippen molar-refractivity contribution < 1.29 is 13.2 Å². The Balaban J connectivity index is 2.05. The van der Waals surface area contributed by atoms with Gasteiger partial charge in [0, 0.05) is 11.6 Å². The van der Waals surface area contributed by atoms with Crippen LogP contribution in [0.4, 0.5) is 5.69 Å². The first-order valence-corrected chi connectivity index (χ1v) is 11.5. The highest BCUT2D eigenvalue weighted by molar-refractivity contribution is 7.92. The number of aryl methyl sites for hydroxylation is 2. The van der Waals surface area contributed by atoms with Gasteiger partial charge in [0.15, 0.2) is 0 Å². The highest BCUT2D eigenvalue weighted by Crippen LogP contribution is 2.23. The molecule has 0 aliphatic carbocycles. The third kappa shape index (κ3) is 5.97. The van der Waals surface area contributed by atoms with E-state index in [0.29, 0.717) is 23.7 Å². The molecule has 1 amide bonds. The van der Waals surface area contributed by atoms with Crippen molar-refractivity contribution >= 4 is 33.2 Å². The fourth-order valence-corrected chi connectivity index (χ4v) is 4.50. The number of sulfonamides is 1. The standard InChI is InChI=1S/C21H27ClN2O3S/c1-4-20(24(28(3,26)27)18-13-11-16(2)12-14-18)21(25)23-15-7-9-17-8-5-6-10-19(17)22/h5-6,8,10-14,20H,4,7,9,15H2,1-3H3,(H,23,25)/t20-/m0/s1. The summed E-state index contributed by atoms with van der Waals surface area (Å²) < 4.78 is 26.0. The second-order valence-electron chi connectivity index (χ2n) is 6.80. The van der Waals surface area contributed by atoms with Gasteiger partial charge in [0.1, 0.15) is 6.04 Å². The van der Waals surface area contributed by atoms with E-state index in [2.05, 4.69) is 5.32 Å². The van der Waals surface area contributed by atoms with E-state index >= 15 is 0 Å². The predicted molar refractivity (Wildman–Crippen MR) is 115 cm³/mol. The van der Waals surface area contributed by atoms with Crippen molar-refractivity contribution in [1.29, 1.82) is 0 Å². The molecule has 1 atom stereocenters. The number of hydrogen-bond acceptors (Lipinski definition) is 3. The topological polar surface area (TPSA) is 66.5 Å². The van der Waals surface area contributed by atoms with E-state index in [0.717, 1.165) is 30.2 Å². The molecule has 0 saturated carbocycles. The van der Waals surface area contributed by atoms with Crippen molar-refractivity contribution in [2.45, 2.75) is 39.2 Å². The molecule has 0 aliphatic rings.